The highest BCUT2D eigenvalue weighted by Gasteiger charge is 2.26. The number of nitrogens with one attached hydrogen (secondary N) is 2. The second-order valence-electron chi connectivity index (χ2n) is 7.03. The largest absolute Gasteiger partial charge is 0.305 e. The molecule has 7 nitrogen and oxygen atoms in total. The van der Waals surface area contributed by atoms with Crippen LogP contribution < -0.4 is 9.62 Å². The van der Waals surface area contributed by atoms with Gasteiger partial charge >= 0.3 is 0 Å². The molecule has 0 bridgehead atoms. The van der Waals surface area contributed by atoms with Gasteiger partial charge in [-0.2, -0.15) is 5.10 Å². The number of fused-ring (bicyclic) bond motifs is 1. The van der Waals surface area contributed by atoms with Gasteiger partial charge in [-0.1, -0.05) is 11.6 Å². The van der Waals surface area contributed by atoms with Crippen LogP contribution in [0.4, 0.5) is 15.9 Å². The fourth-order valence-corrected chi connectivity index (χ4v) is 4.37. The molecule has 0 radical (unpaired) electrons. The third kappa shape index (κ3) is 3.73. The van der Waals surface area contributed by atoms with Crippen molar-refractivity contribution in [2.24, 2.45) is 0 Å². The Bertz CT molecular complexity index is 1220. The van der Waals surface area contributed by atoms with Gasteiger partial charge in [0.15, 0.2) is 5.82 Å². The summed E-state index contributed by atoms with van der Waals surface area (Å²) < 4.78 is 39.0. The zero-order chi connectivity index (χ0) is 20.8. The van der Waals surface area contributed by atoms with Crippen molar-refractivity contribution in [1.82, 2.24) is 10.2 Å². The summed E-state index contributed by atoms with van der Waals surface area (Å²) in [7, 11) is -3.34. The van der Waals surface area contributed by atoms with Gasteiger partial charge in [0.05, 0.1) is 17.6 Å². The lowest BCUT2D eigenvalue weighted by Crippen LogP contribution is -2.27. The fraction of sp³-hybridized carbons (Fsp3) is 0.200. The zero-order valence-corrected chi connectivity index (χ0v) is 16.7. The molecule has 9 heteroatoms. The number of carbonyl (C=O) groups excluding carboxylic acids is 1. The first-order chi connectivity index (χ1) is 13.7. The van der Waals surface area contributed by atoms with E-state index in [2.05, 4.69) is 15.5 Å². The molecule has 1 aliphatic heterocycles. The molecule has 0 unspecified atom stereocenters. The molecule has 0 spiro atoms. The Kier molecular flexibility index (Phi) is 4.62. The van der Waals surface area contributed by atoms with Gasteiger partial charge in [0.25, 0.3) is 5.91 Å². The molecule has 2 aromatic carbocycles. The summed E-state index contributed by atoms with van der Waals surface area (Å²) in [4.78, 5) is 12.6. The normalized spacial score (nSPS) is 13.4. The van der Waals surface area contributed by atoms with Crippen LogP contribution in [0.2, 0.25) is 0 Å². The SMILES string of the molecule is Cc1ccc(F)c(-c2cc(NC(=O)c3ccc4c(c3)CCN4S(C)(=O)=O)n[nH]2)c1. The highest BCUT2D eigenvalue weighted by atomic mass is 32.2. The van der Waals surface area contributed by atoms with Crippen molar-refractivity contribution in [3.8, 4) is 11.3 Å². The number of benzene rings is 2. The number of anilines is 2. The van der Waals surface area contributed by atoms with Gasteiger partial charge in [-0.3, -0.25) is 14.2 Å². The summed E-state index contributed by atoms with van der Waals surface area (Å²) in [6.45, 7) is 2.23. The van der Waals surface area contributed by atoms with Gasteiger partial charge in [0.2, 0.25) is 10.0 Å². The van der Waals surface area contributed by atoms with E-state index in [4.69, 9.17) is 0 Å². The van der Waals surface area contributed by atoms with Crippen molar-refractivity contribution in [3.05, 3.63) is 65.0 Å². The maximum absolute atomic E-state index is 14.1. The van der Waals surface area contributed by atoms with Crippen molar-refractivity contribution in [3.63, 3.8) is 0 Å². The number of sulfonamides is 1. The lowest BCUT2D eigenvalue weighted by atomic mass is 10.1. The molecular formula is C20H19FN4O3S. The topological polar surface area (TPSA) is 95.2 Å². The van der Waals surface area contributed by atoms with Crippen molar-refractivity contribution >= 4 is 27.4 Å². The van der Waals surface area contributed by atoms with Crippen LogP contribution in [0, 0.1) is 12.7 Å². The van der Waals surface area contributed by atoms with Gasteiger partial charge in [-0.25, -0.2) is 12.8 Å². The van der Waals surface area contributed by atoms with Crippen LogP contribution in [0.3, 0.4) is 0 Å². The summed E-state index contributed by atoms with van der Waals surface area (Å²) in [5, 5.41) is 9.45. The van der Waals surface area contributed by atoms with Crippen LogP contribution >= 0.6 is 0 Å². The van der Waals surface area contributed by atoms with Crippen LogP contribution in [0.1, 0.15) is 21.5 Å². The lowest BCUT2D eigenvalue weighted by molar-refractivity contribution is 0.102. The maximum Gasteiger partial charge on any atom is 0.256 e. The van der Waals surface area contributed by atoms with Gasteiger partial charge in [-0.05, 0) is 49.2 Å². The van der Waals surface area contributed by atoms with Crippen LogP contribution in [0.5, 0.6) is 0 Å². The van der Waals surface area contributed by atoms with Gasteiger partial charge < -0.3 is 5.32 Å². The minimum atomic E-state index is -3.34. The summed E-state index contributed by atoms with van der Waals surface area (Å²) in [6, 6.07) is 11.2. The first-order valence-corrected chi connectivity index (χ1v) is 10.8. The molecule has 0 saturated heterocycles. The maximum atomic E-state index is 14.1. The number of hydrogen-bond donors (Lipinski definition) is 2. The van der Waals surface area contributed by atoms with E-state index in [-0.39, 0.29) is 17.5 Å². The van der Waals surface area contributed by atoms with Crippen molar-refractivity contribution in [1.29, 1.82) is 0 Å². The molecule has 29 heavy (non-hydrogen) atoms. The third-order valence-electron chi connectivity index (χ3n) is 4.83. The van der Waals surface area contributed by atoms with E-state index in [1.165, 1.54) is 10.4 Å². The second kappa shape index (κ2) is 7.00. The third-order valence-corrected chi connectivity index (χ3v) is 6.01. The number of aromatic nitrogens is 2. The summed E-state index contributed by atoms with van der Waals surface area (Å²) in [6.07, 6.45) is 1.71. The molecule has 2 N–H and O–H groups in total. The minimum Gasteiger partial charge on any atom is -0.305 e. The smallest absolute Gasteiger partial charge is 0.256 e. The van der Waals surface area contributed by atoms with E-state index < -0.39 is 10.0 Å². The molecule has 0 aliphatic carbocycles. The number of aryl methyl sites for hydroxylation is 1. The van der Waals surface area contributed by atoms with Crippen LogP contribution in [0.25, 0.3) is 11.3 Å². The molecule has 1 amide bonds. The van der Waals surface area contributed by atoms with Crippen molar-refractivity contribution < 1.29 is 17.6 Å². The lowest BCUT2D eigenvalue weighted by Gasteiger charge is -2.16. The van der Waals surface area contributed by atoms with Crippen LogP contribution in [-0.2, 0) is 16.4 Å². The van der Waals surface area contributed by atoms with Gasteiger partial charge in [0, 0.05) is 23.7 Å². The van der Waals surface area contributed by atoms with Crippen LogP contribution in [-0.4, -0.2) is 37.3 Å². The van der Waals surface area contributed by atoms with E-state index >= 15 is 0 Å². The van der Waals surface area contributed by atoms with E-state index in [1.54, 1.807) is 36.4 Å². The van der Waals surface area contributed by atoms with Gasteiger partial charge in [-0.15, -0.1) is 0 Å². The molecule has 0 saturated carbocycles. The number of H-pyrrole nitrogens is 1. The summed E-state index contributed by atoms with van der Waals surface area (Å²) in [5.74, 6) is -0.497. The minimum absolute atomic E-state index is 0.268. The van der Waals surface area contributed by atoms with Crippen molar-refractivity contribution in [2.75, 3.05) is 22.4 Å². The Balaban J connectivity index is 1.54. The molecule has 0 fully saturated rings. The Morgan fingerprint density at radius 1 is 1.21 bits per heavy atom. The quantitative estimate of drug-likeness (QED) is 0.686. The predicted octanol–water partition coefficient (Wildman–Crippen LogP) is 3.10. The average Bonchev–Trinajstić information content (AvgIpc) is 3.29. The highest BCUT2D eigenvalue weighted by Crippen LogP contribution is 2.31. The second-order valence-corrected chi connectivity index (χ2v) is 8.94. The van der Waals surface area contributed by atoms with E-state index in [0.717, 1.165) is 17.4 Å². The molecule has 0 atom stereocenters. The molecule has 1 aliphatic rings. The highest BCUT2D eigenvalue weighted by molar-refractivity contribution is 7.92. The van der Waals surface area contributed by atoms with Crippen molar-refractivity contribution in [2.45, 2.75) is 13.3 Å². The first kappa shape index (κ1) is 19.1. The Hall–Kier alpha value is -3.20. The standard InChI is InChI=1S/C20H19FN4O3S/c1-12-3-5-16(21)15(9-12)17-11-19(24-23-17)22-20(26)14-4-6-18-13(10-14)7-8-25(18)29(2,27)28/h3-6,9-11H,7-8H2,1-2H3,(H2,22,23,24,26). The van der Waals surface area contributed by atoms with E-state index in [1.807, 2.05) is 6.92 Å². The number of halogens is 1. The first-order valence-electron chi connectivity index (χ1n) is 8.96. The molecular weight excluding hydrogens is 395 g/mol. The number of nitrogens with zero attached hydrogens (tertiary/aromatic N) is 2. The average molecular weight is 414 g/mol. The molecule has 4 rings (SSSR count). The summed E-state index contributed by atoms with van der Waals surface area (Å²) >= 11 is 0. The fourth-order valence-electron chi connectivity index (χ4n) is 3.41. The Labute approximate surface area is 167 Å². The predicted molar refractivity (Wildman–Crippen MR) is 109 cm³/mol. The van der Waals surface area contributed by atoms with E-state index in [9.17, 15) is 17.6 Å². The molecule has 2 heterocycles. The van der Waals surface area contributed by atoms with E-state index in [0.29, 0.717) is 35.5 Å². The molecule has 1 aromatic heterocycles. The Morgan fingerprint density at radius 2 is 2.00 bits per heavy atom. The Morgan fingerprint density at radius 3 is 2.76 bits per heavy atom. The number of amides is 1. The number of rotatable bonds is 4. The van der Waals surface area contributed by atoms with Gasteiger partial charge in [0.1, 0.15) is 5.82 Å². The van der Waals surface area contributed by atoms with Crippen LogP contribution in [0.15, 0.2) is 42.5 Å². The number of carbonyl (C=O) groups is 1. The zero-order valence-electron chi connectivity index (χ0n) is 15.9. The molecule has 150 valence electrons. The molecule has 3 aromatic rings. The number of hydrogen-bond acceptors (Lipinski definition) is 4. The number of aromatic amines is 1. The monoisotopic (exact) mass is 414 g/mol. The summed E-state index contributed by atoms with van der Waals surface area (Å²) in [5.41, 5.74) is 3.53.